The molecule has 2 aromatic rings. The lowest BCUT2D eigenvalue weighted by Gasteiger charge is -2.33. The minimum absolute atomic E-state index is 0.0196. The molecule has 11 nitrogen and oxygen atoms in total. The van der Waals surface area contributed by atoms with E-state index in [-0.39, 0.29) is 38.0 Å². The zero-order chi connectivity index (χ0) is 25.0. The Kier molecular flexibility index (Phi) is 9.17. The summed E-state index contributed by atoms with van der Waals surface area (Å²) in [6.07, 6.45) is -1.02. The van der Waals surface area contributed by atoms with Crippen LogP contribution < -0.4 is 16.0 Å². The molecular weight excluding hydrogens is 456 g/mol. The van der Waals surface area contributed by atoms with Gasteiger partial charge in [-0.1, -0.05) is 60.7 Å². The van der Waals surface area contributed by atoms with E-state index in [4.69, 9.17) is 14.6 Å². The second kappa shape index (κ2) is 12.7. The van der Waals surface area contributed by atoms with Crippen LogP contribution >= 0.6 is 0 Å². The van der Waals surface area contributed by atoms with Crippen molar-refractivity contribution < 1.29 is 33.8 Å². The zero-order valence-electron chi connectivity index (χ0n) is 18.8. The molecule has 1 saturated heterocycles. The van der Waals surface area contributed by atoms with Crippen LogP contribution in [0.4, 0.5) is 9.59 Å². The van der Waals surface area contributed by atoms with Crippen LogP contribution in [0.5, 0.6) is 0 Å². The molecule has 35 heavy (non-hydrogen) atoms. The van der Waals surface area contributed by atoms with Crippen molar-refractivity contribution in [1.82, 2.24) is 16.0 Å². The van der Waals surface area contributed by atoms with Crippen molar-refractivity contribution in [2.24, 2.45) is 10.9 Å². The topological polar surface area (TPSA) is 155 Å². The van der Waals surface area contributed by atoms with Crippen LogP contribution in [0.15, 0.2) is 65.7 Å². The van der Waals surface area contributed by atoms with Crippen LogP contribution in [0.1, 0.15) is 24.0 Å². The number of hydrogen-bond acceptors (Lipinski definition) is 7. The number of carboxylic acid groups (broad SMARTS) is 1. The van der Waals surface area contributed by atoms with Crippen molar-refractivity contribution in [3.63, 3.8) is 0 Å². The number of amides is 3. The highest BCUT2D eigenvalue weighted by Crippen LogP contribution is 2.20. The number of carbonyl (C=O) groups excluding carboxylic acids is 3. The van der Waals surface area contributed by atoms with E-state index < -0.39 is 30.1 Å². The van der Waals surface area contributed by atoms with E-state index in [1.807, 2.05) is 36.4 Å². The van der Waals surface area contributed by atoms with Crippen molar-refractivity contribution in [1.29, 1.82) is 0 Å². The van der Waals surface area contributed by atoms with Gasteiger partial charge in [-0.05, 0) is 24.0 Å². The van der Waals surface area contributed by atoms with Gasteiger partial charge in [-0.15, -0.1) is 0 Å². The summed E-state index contributed by atoms with van der Waals surface area (Å²) in [5.41, 5.74) is 1.56. The quantitative estimate of drug-likeness (QED) is 0.185. The largest absolute Gasteiger partial charge is 0.480 e. The Morgan fingerprint density at radius 1 is 0.886 bits per heavy atom. The fourth-order valence-corrected chi connectivity index (χ4v) is 3.27. The molecule has 184 valence electrons. The van der Waals surface area contributed by atoms with E-state index in [1.165, 1.54) is 0 Å². The van der Waals surface area contributed by atoms with Gasteiger partial charge in [0, 0.05) is 6.54 Å². The van der Waals surface area contributed by atoms with Crippen LogP contribution in [0.25, 0.3) is 0 Å². The predicted molar refractivity (Wildman–Crippen MR) is 124 cm³/mol. The number of aliphatic imine (C=N–C) groups is 1. The van der Waals surface area contributed by atoms with Crippen LogP contribution in [0, 0.1) is 5.92 Å². The minimum atomic E-state index is -1.09. The molecule has 3 rings (SSSR count). The number of hydrogen-bond donors (Lipinski definition) is 4. The van der Waals surface area contributed by atoms with E-state index in [1.54, 1.807) is 24.3 Å². The van der Waals surface area contributed by atoms with Crippen LogP contribution in [-0.2, 0) is 32.3 Å². The maximum Gasteiger partial charge on any atom is 0.414 e. The third-order valence-corrected chi connectivity index (χ3v) is 5.11. The number of nitrogens with one attached hydrogen (secondary N) is 3. The standard InChI is InChI=1S/C24H26N4O7/c29-20-18(19(26-20)21(30)31)12-7-13-25-22(27-23(32)34-14-16-8-3-1-4-9-16)28-24(33)35-15-17-10-5-2-6-11-17/h1-6,8-11,18-19H,7,12-15H2,(H,26,29)(H,30,31)(H2,25,27,28,32,33). The second-order valence-electron chi connectivity index (χ2n) is 7.68. The van der Waals surface area contributed by atoms with Gasteiger partial charge < -0.3 is 19.9 Å². The SMILES string of the molecule is O=C(NC(=NCCCC1C(=O)NC1C(=O)O)NC(=O)OCc1ccccc1)OCc1ccccc1. The fraction of sp³-hybridized carbons (Fsp3) is 0.292. The summed E-state index contributed by atoms with van der Waals surface area (Å²) in [6.45, 7) is 0.154. The van der Waals surface area contributed by atoms with Gasteiger partial charge in [0.2, 0.25) is 11.9 Å². The highest BCUT2D eigenvalue weighted by molar-refractivity contribution is 6.01. The zero-order valence-corrected chi connectivity index (χ0v) is 18.8. The molecule has 0 aliphatic carbocycles. The lowest BCUT2D eigenvalue weighted by molar-refractivity contribution is -0.153. The minimum Gasteiger partial charge on any atom is -0.480 e. The average Bonchev–Trinajstić information content (AvgIpc) is 2.85. The van der Waals surface area contributed by atoms with Gasteiger partial charge in [-0.25, -0.2) is 14.4 Å². The van der Waals surface area contributed by atoms with Crippen LogP contribution in [-0.4, -0.2) is 47.7 Å². The summed E-state index contributed by atoms with van der Waals surface area (Å²) in [7, 11) is 0. The van der Waals surface area contributed by atoms with E-state index in [9.17, 15) is 19.2 Å². The normalized spacial score (nSPS) is 16.2. The van der Waals surface area contributed by atoms with Crippen molar-refractivity contribution >= 4 is 30.0 Å². The first kappa shape index (κ1) is 25.2. The average molecular weight is 482 g/mol. The van der Waals surface area contributed by atoms with Crippen molar-refractivity contribution in [3.05, 3.63) is 71.8 Å². The Hall–Kier alpha value is -4.41. The molecule has 0 bridgehead atoms. The number of β-lactam (4-membered cyclic amide) rings is 1. The van der Waals surface area contributed by atoms with Crippen molar-refractivity contribution in [2.45, 2.75) is 32.1 Å². The molecule has 0 radical (unpaired) electrons. The summed E-state index contributed by atoms with van der Waals surface area (Å²) in [6, 6.07) is 17.2. The predicted octanol–water partition coefficient (Wildman–Crippen LogP) is 2.17. The lowest BCUT2D eigenvalue weighted by atomic mass is 9.86. The van der Waals surface area contributed by atoms with E-state index >= 15 is 0 Å². The number of carboxylic acids is 1. The summed E-state index contributed by atoms with van der Waals surface area (Å²) in [5.74, 6) is -2.25. The van der Waals surface area contributed by atoms with Gasteiger partial charge >= 0.3 is 18.2 Å². The molecule has 1 aliphatic rings. The number of nitrogens with zero attached hydrogens (tertiary/aromatic N) is 1. The number of benzene rings is 2. The second-order valence-corrected chi connectivity index (χ2v) is 7.68. The Bertz CT molecular complexity index is 1000. The Morgan fingerprint density at radius 2 is 1.40 bits per heavy atom. The van der Waals surface area contributed by atoms with E-state index in [2.05, 4.69) is 20.9 Å². The first-order valence-electron chi connectivity index (χ1n) is 11.0. The first-order chi connectivity index (χ1) is 16.9. The van der Waals surface area contributed by atoms with Crippen LogP contribution in [0.2, 0.25) is 0 Å². The van der Waals surface area contributed by atoms with Gasteiger partial charge in [0.05, 0.1) is 5.92 Å². The van der Waals surface area contributed by atoms with Crippen LogP contribution in [0.3, 0.4) is 0 Å². The third-order valence-electron chi connectivity index (χ3n) is 5.11. The fourth-order valence-electron chi connectivity index (χ4n) is 3.27. The third kappa shape index (κ3) is 8.14. The molecule has 2 unspecified atom stereocenters. The van der Waals surface area contributed by atoms with Gasteiger partial charge in [-0.3, -0.25) is 20.4 Å². The number of carbonyl (C=O) groups is 4. The molecule has 1 aliphatic heterocycles. The molecular formula is C24H26N4O7. The van der Waals surface area contributed by atoms with Gasteiger partial charge in [0.15, 0.2) is 0 Å². The Labute approximate surface area is 201 Å². The number of aliphatic carboxylic acids is 1. The molecule has 0 spiro atoms. The van der Waals surface area contributed by atoms with Gasteiger partial charge in [0.1, 0.15) is 19.3 Å². The van der Waals surface area contributed by atoms with E-state index in [0.29, 0.717) is 6.42 Å². The first-order valence-corrected chi connectivity index (χ1v) is 11.0. The highest BCUT2D eigenvalue weighted by Gasteiger charge is 2.43. The summed E-state index contributed by atoms with van der Waals surface area (Å²) in [5, 5.41) is 16.1. The summed E-state index contributed by atoms with van der Waals surface area (Å²) in [4.78, 5) is 51.3. The Morgan fingerprint density at radius 3 is 1.86 bits per heavy atom. The number of ether oxygens (including phenoxy) is 2. The molecule has 4 N–H and O–H groups in total. The van der Waals surface area contributed by atoms with Gasteiger partial charge in [-0.2, -0.15) is 0 Å². The Balaban J connectivity index is 1.53. The van der Waals surface area contributed by atoms with Crippen molar-refractivity contribution in [3.8, 4) is 0 Å². The van der Waals surface area contributed by atoms with E-state index in [0.717, 1.165) is 11.1 Å². The summed E-state index contributed by atoms with van der Waals surface area (Å²) < 4.78 is 10.3. The number of rotatable bonds is 9. The molecule has 1 heterocycles. The number of guanidine groups is 1. The molecule has 2 aromatic carbocycles. The monoisotopic (exact) mass is 482 g/mol. The molecule has 0 aromatic heterocycles. The molecule has 11 heteroatoms. The smallest absolute Gasteiger partial charge is 0.414 e. The molecule has 2 atom stereocenters. The maximum absolute atomic E-state index is 12.2. The van der Waals surface area contributed by atoms with Gasteiger partial charge in [0.25, 0.3) is 0 Å². The summed E-state index contributed by atoms with van der Waals surface area (Å²) >= 11 is 0. The molecule has 0 saturated carbocycles. The maximum atomic E-state index is 12.2. The molecule has 1 fully saturated rings. The number of alkyl carbamates (subject to hydrolysis) is 2. The molecule has 3 amide bonds. The van der Waals surface area contributed by atoms with Crippen molar-refractivity contribution in [2.75, 3.05) is 6.54 Å². The highest BCUT2D eigenvalue weighted by atomic mass is 16.6. The lowest BCUT2D eigenvalue weighted by Crippen LogP contribution is -2.61.